The predicted molar refractivity (Wildman–Crippen MR) is 98.2 cm³/mol. The van der Waals surface area contributed by atoms with E-state index in [0.29, 0.717) is 34.9 Å². The van der Waals surface area contributed by atoms with E-state index in [1.807, 2.05) is 29.2 Å². The third-order valence-electron chi connectivity index (χ3n) is 3.57. The van der Waals surface area contributed by atoms with Gasteiger partial charge in [0.25, 0.3) is 5.91 Å². The quantitative estimate of drug-likeness (QED) is 0.880. The van der Waals surface area contributed by atoms with Gasteiger partial charge in [0.15, 0.2) is 5.69 Å². The van der Waals surface area contributed by atoms with Gasteiger partial charge < -0.3 is 10.2 Å². The number of carbonyl (C=O) groups is 1. The second-order valence-electron chi connectivity index (χ2n) is 5.40. The number of piperazine rings is 1. The number of hydrogen-bond acceptors (Lipinski definition) is 5. The van der Waals surface area contributed by atoms with Crippen LogP contribution in [0, 0.1) is 0 Å². The summed E-state index contributed by atoms with van der Waals surface area (Å²) in [5, 5.41) is 12.9. The summed E-state index contributed by atoms with van der Waals surface area (Å²) in [5.74, 6) is -0.0693. The van der Waals surface area contributed by atoms with Crippen LogP contribution in [0.15, 0.2) is 46.3 Å². The van der Waals surface area contributed by atoms with E-state index in [4.69, 9.17) is 11.6 Å². The molecular weight excluding hydrogens is 367 g/mol. The summed E-state index contributed by atoms with van der Waals surface area (Å²) in [7, 11) is 0. The van der Waals surface area contributed by atoms with Gasteiger partial charge in [-0.25, -0.2) is 0 Å². The standard InChI is InChI=1S/C16H17ClN4OS.ClH/c1-11-10-21(9-8-18-11)16(22)13-6-7-15(20-19-13)23-14-5-3-2-4-12(14)17;/h2-7,11,18H,8-10H2,1H3;1H. The summed E-state index contributed by atoms with van der Waals surface area (Å²) < 4.78 is 0. The van der Waals surface area contributed by atoms with Gasteiger partial charge in [0.05, 0.1) is 5.02 Å². The number of amides is 1. The van der Waals surface area contributed by atoms with Crippen molar-refractivity contribution in [2.24, 2.45) is 0 Å². The van der Waals surface area contributed by atoms with E-state index in [2.05, 4.69) is 22.4 Å². The van der Waals surface area contributed by atoms with Gasteiger partial charge in [-0.05, 0) is 31.2 Å². The molecule has 8 heteroatoms. The van der Waals surface area contributed by atoms with Crippen molar-refractivity contribution in [3.63, 3.8) is 0 Å². The second kappa shape index (κ2) is 8.67. The van der Waals surface area contributed by atoms with E-state index >= 15 is 0 Å². The molecule has 0 radical (unpaired) electrons. The highest BCUT2D eigenvalue weighted by Gasteiger charge is 2.22. The zero-order valence-electron chi connectivity index (χ0n) is 13.1. The minimum absolute atomic E-state index is 0. The van der Waals surface area contributed by atoms with Gasteiger partial charge >= 0.3 is 0 Å². The maximum atomic E-state index is 12.4. The minimum Gasteiger partial charge on any atom is -0.334 e. The van der Waals surface area contributed by atoms with Crippen molar-refractivity contribution < 1.29 is 4.79 Å². The summed E-state index contributed by atoms with van der Waals surface area (Å²) in [6.07, 6.45) is 0. The maximum absolute atomic E-state index is 12.4. The van der Waals surface area contributed by atoms with E-state index in [1.165, 1.54) is 11.8 Å². The molecule has 0 aliphatic carbocycles. The number of rotatable bonds is 3. The Labute approximate surface area is 156 Å². The smallest absolute Gasteiger partial charge is 0.274 e. The van der Waals surface area contributed by atoms with Crippen LogP contribution >= 0.6 is 35.8 Å². The second-order valence-corrected chi connectivity index (χ2v) is 6.87. The molecule has 5 nitrogen and oxygen atoms in total. The van der Waals surface area contributed by atoms with E-state index in [0.717, 1.165) is 11.4 Å². The van der Waals surface area contributed by atoms with Gasteiger partial charge in [0, 0.05) is 30.6 Å². The largest absolute Gasteiger partial charge is 0.334 e. The number of aromatic nitrogens is 2. The van der Waals surface area contributed by atoms with Crippen molar-refractivity contribution in [2.75, 3.05) is 19.6 Å². The molecule has 1 amide bonds. The highest BCUT2D eigenvalue weighted by Crippen LogP contribution is 2.31. The van der Waals surface area contributed by atoms with Crippen LogP contribution in [-0.2, 0) is 0 Å². The first kappa shape index (κ1) is 19.0. The molecule has 1 N–H and O–H groups in total. The van der Waals surface area contributed by atoms with Crippen molar-refractivity contribution in [3.05, 3.63) is 47.1 Å². The Balaban J connectivity index is 0.00000208. The van der Waals surface area contributed by atoms with Crippen molar-refractivity contribution in [1.29, 1.82) is 0 Å². The summed E-state index contributed by atoms with van der Waals surface area (Å²) in [4.78, 5) is 15.2. The van der Waals surface area contributed by atoms with Gasteiger partial charge in [-0.3, -0.25) is 4.79 Å². The molecule has 1 aliphatic heterocycles. The topological polar surface area (TPSA) is 58.1 Å². The summed E-state index contributed by atoms with van der Waals surface area (Å²) >= 11 is 7.57. The highest BCUT2D eigenvalue weighted by molar-refractivity contribution is 7.99. The lowest BCUT2D eigenvalue weighted by Gasteiger charge is -2.31. The van der Waals surface area contributed by atoms with E-state index in [1.54, 1.807) is 12.1 Å². The van der Waals surface area contributed by atoms with Crippen LogP contribution < -0.4 is 5.32 Å². The van der Waals surface area contributed by atoms with Crippen molar-refractivity contribution in [1.82, 2.24) is 20.4 Å². The fourth-order valence-corrected chi connectivity index (χ4v) is 3.41. The summed E-state index contributed by atoms with van der Waals surface area (Å²) in [5.41, 5.74) is 0.377. The average Bonchev–Trinajstić information content (AvgIpc) is 2.57. The zero-order chi connectivity index (χ0) is 16.2. The highest BCUT2D eigenvalue weighted by atomic mass is 35.5. The van der Waals surface area contributed by atoms with E-state index in [-0.39, 0.29) is 18.3 Å². The molecule has 1 unspecified atom stereocenters. The van der Waals surface area contributed by atoms with Crippen LogP contribution in [0.3, 0.4) is 0 Å². The zero-order valence-corrected chi connectivity index (χ0v) is 15.5. The number of nitrogens with one attached hydrogen (secondary N) is 1. The third-order valence-corrected chi connectivity index (χ3v) is 5.01. The lowest BCUT2D eigenvalue weighted by atomic mass is 10.2. The monoisotopic (exact) mass is 384 g/mol. The minimum atomic E-state index is -0.0693. The van der Waals surface area contributed by atoms with Crippen LogP contribution in [0.25, 0.3) is 0 Å². The van der Waals surface area contributed by atoms with Gasteiger partial charge in [0.1, 0.15) is 5.03 Å². The summed E-state index contributed by atoms with van der Waals surface area (Å²) in [6.45, 7) is 4.26. The number of benzene rings is 1. The van der Waals surface area contributed by atoms with Gasteiger partial charge in [-0.15, -0.1) is 22.6 Å². The van der Waals surface area contributed by atoms with Crippen molar-refractivity contribution in [2.45, 2.75) is 22.9 Å². The molecule has 2 heterocycles. The molecule has 1 aromatic heterocycles. The Morgan fingerprint density at radius 1 is 1.29 bits per heavy atom. The van der Waals surface area contributed by atoms with Gasteiger partial charge in [0.2, 0.25) is 0 Å². The normalized spacial score (nSPS) is 17.2. The van der Waals surface area contributed by atoms with Crippen LogP contribution in [0.2, 0.25) is 5.02 Å². The van der Waals surface area contributed by atoms with Crippen LogP contribution in [-0.4, -0.2) is 46.7 Å². The molecule has 24 heavy (non-hydrogen) atoms. The van der Waals surface area contributed by atoms with E-state index in [9.17, 15) is 4.79 Å². The fraction of sp³-hybridized carbons (Fsp3) is 0.312. The van der Waals surface area contributed by atoms with Gasteiger partial charge in [-0.1, -0.05) is 35.5 Å². The van der Waals surface area contributed by atoms with Crippen LogP contribution in [0.5, 0.6) is 0 Å². The molecule has 3 rings (SSSR count). The molecule has 1 aliphatic rings. The third kappa shape index (κ3) is 4.60. The Morgan fingerprint density at radius 2 is 2.08 bits per heavy atom. The number of nitrogens with zero attached hydrogens (tertiary/aromatic N) is 3. The molecule has 2 aromatic rings. The van der Waals surface area contributed by atoms with Crippen molar-refractivity contribution >= 4 is 41.7 Å². The Kier molecular flexibility index (Phi) is 6.86. The average molecular weight is 385 g/mol. The first-order valence-corrected chi connectivity index (χ1v) is 8.61. The molecule has 1 fully saturated rings. The van der Waals surface area contributed by atoms with Gasteiger partial charge in [-0.2, -0.15) is 0 Å². The molecule has 1 saturated heterocycles. The first-order valence-electron chi connectivity index (χ1n) is 7.42. The SMILES string of the molecule is CC1CN(C(=O)c2ccc(Sc3ccccc3Cl)nn2)CCN1.Cl. The number of carbonyl (C=O) groups excluding carboxylic acids is 1. The molecule has 0 saturated carbocycles. The summed E-state index contributed by atoms with van der Waals surface area (Å²) in [6, 6.07) is 11.4. The van der Waals surface area contributed by atoms with Crippen LogP contribution in [0.1, 0.15) is 17.4 Å². The molecule has 1 atom stereocenters. The van der Waals surface area contributed by atoms with E-state index < -0.39 is 0 Å². The molecular formula is C16H18Cl2N4OS. The first-order chi connectivity index (χ1) is 11.1. The lowest BCUT2D eigenvalue weighted by Crippen LogP contribution is -2.51. The lowest BCUT2D eigenvalue weighted by molar-refractivity contribution is 0.0701. The number of halogens is 2. The molecule has 0 bridgehead atoms. The van der Waals surface area contributed by atoms with Crippen LogP contribution in [0.4, 0.5) is 0 Å². The molecule has 0 spiro atoms. The Morgan fingerprint density at radius 3 is 2.75 bits per heavy atom. The molecule has 128 valence electrons. The Hall–Kier alpha value is -1.34. The fourth-order valence-electron chi connectivity index (χ4n) is 2.41. The number of hydrogen-bond donors (Lipinski definition) is 1. The van der Waals surface area contributed by atoms with Crippen molar-refractivity contribution in [3.8, 4) is 0 Å². The molecule has 1 aromatic carbocycles. The maximum Gasteiger partial charge on any atom is 0.274 e. The predicted octanol–water partition coefficient (Wildman–Crippen LogP) is 3.14. The Bertz CT molecular complexity index is 699.